The predicted molar refractivity (Wildman–Crippen MR) is 83.7 cm³/mol. The van der Waals surface area contributed by atoms with Crippen LogP contribution in [0.2, 0.25) is 0 Å². The molecule has 0 aliphatic carbocycles. The Morgan fingerprint density at radius 2 is 2.32 bits per heavy atom. The molecule has 5 heteroatoms. The van der Waals surface area contributed by atoms with Gasteiger partial charge in [0, 0.05) is 17.5 Å². The highest BCUT2D eigenvalue weighted by Gasteiger charge is 2.19. The van der Waals surface area contributed by atoms with Crippen LogP contribution < -0.4 is 10.6 Å². The third-order valence-corrected chi connectivity index (χ3v) is 4.61. The molecule has 2 heterocycles. The SMILES string of the molecule is CCCc1sc(C(=O)NC2CCNC2)cc1CC.Cl. The molecule has 1 aromatic heterocycles. The Balaban J connectivity index is 0.00000180. The van der Waals surface area contributed by atoms with Crippen LogP contribution in [0.15, 0.2) is 6.07 Å². The molecule has 0 radical (unpaired) electrons. The Morgan fingerprint density at radius 3 is 2.89 bits per heavy atom. The van der Waals surface area contributed by atoms with Crippen molar-refractivity contribution in [2.24, 2.45) is 0 Å². The molecule has 0 spiro atoms. The summed E-state index contributed by atoms with van der Waals surface area (Å²) in [4.78, 5) is 14.4. The van der Waals surface area contributed by atoms with E-state index in [1.807, 2.05) is 0 Å². The molecule has 1 amide bonds. The first-order chi connectivity index (χ1) is 8.74. The van der Waals surface area contributed by atoms with Crippen molar-refractivity contribution < 1.29 is 4.79 Å². The highest BCUT2D eigenvalue weighted by molar-refractivity contribution is 7.14. The van der Waals surface area contributed by atoms with Crippen molar-refractivity contribution in [2.45, 2.75) is 45.6 Å². The first kappa shape index (κ1) is 16.5. The summed E-state index contributed by atoms with van der Waals surface area (Å²) < 4.78 is 0. The largest absolute Gasteiger partial charge is 0.347 e. The van der Waals surface area contributed by atoms with E-state index >= 15 is 0 Å². The van der Waals surface area contributed by atoms with Gasteiger partial charge in [0.2, 0.25) is 0 Å². The molecule has 1 unspecified atom stereocenters. The number of amides is 1. The standard InChI is InChI=1S/C14H22N2OS.ClH/c1-3-5-12-10(4-2)8-13(18-12)14(17)16-11-6-7-15-9-11;/h8,11,15H,3-7,9H2,1-2H3,(H,16,17);1H. The fraction of sp³-hybridized carbons (Fsp3) is 0.643. The maximum atomic E-state index is 12.2. The van der Waals surface area contributed by atoms with E-state index < -0.39 is 0 Å². The Hall–Kier alpha value is -0.580. The molecule has 1 saturated heterocycles. The zero-order valence-corrected chi connectivity index (χ0v) is 13.3. The number of nitrogens with one attached hydrogen (secondary N) is 2. The van der Waals surface area contributed by atoms with E-state index in [0.717, 1.165) is 43.6 Å². The van der Waals surface area contributed by atoms with Crippen molar-refractivity contribution in [3.05, 3.63) is 21.4 Å². The maximum Gasteiger partial charge on any atom is 0.261 e. The molecular weight excluding hydrogens is 280 g/mol. The quantitative estimate of drug-likeness (QED) is 0.878. The number of thiophene rings is 1. The lowest BCUT2D eigenvalue weighted by Gasteiger charge is -2.09. The van der Waals surface area contributed by atoms with Crippen molar-refractivity contribution in [1.82, 2.24) is 10.6 Å². The van der Waals surface area contributed by atoms with Gasteiger partial charge in [0.15, 0.2) is 0 Å². The molecule has 0 saturated carbocycles. The van der Waals surface area contributed by atoms with Crippen molar-refractivity contribution in [3.8, 4) is 0 Å². The lowest BCUT2D eigenvalue weighted by molar-refractivity contribution is 0.0944. The van der Waals surface area contributed by atoms with Crippen LogP contribution in [0.3, 0.4) is 0 Å². The van der Waals surface area contributed by atoms with Gasteiger partial charge < -0.3 is 10.6 Å². The highest BCUT2D eigenvalue weighted by Crippen LogP contribution is 2.24. The van der Waals surface area contributed by atoms with Crippen LogP contribution in [-0.2, 0) is 12.8 Å². The summed E-state index contributed by atoms with van der Waals surface area (Å²) in [6, 6.07) is 2.38. The van der Waals surface area contributed by atoms with Gasteiger partial charge in [0.05, 0.1) is 4.88 Å². The number of carbonyl (C=O) groups excluding carboxylic acids is 1. The third-order valence-electron chi connectivity index (χ3n) is 3.37. The summed E-state index contributed by atoms with van der Waals surface area (Å²) in [6.07, 6.45) is 4.29. The Morgan fingerprint density at radius 1 is 1.53 bits per heavy atom. The normalized spacial score (nSPS) is 18.1. The van der Waals surface area contributed by atoms with Gasteiger partial charge in [-0.25, -0.2) is 0 Å². The summed E-state index contributed by atoms with van der Waals surface area (Å²) in [5.74, 6) is 0.103. The fourth-order valence-electron chi connectivity index (χ4n) is 2.35. The lowest BCUT2D eigenvalue weighted by Crippen LogP contribution is -2.35. The molecular formula is C14H23ClN2OS. The van der Waals surface area contributed by atoms with Crippen molar-refractivity contribution in [2.75, 3.05) is 13.1 Å². The number of halogens is 1. The summed E-state index contributed by atoms with van der Waals surface area (Å²) in [5, 5.41) is 6.38. The number of aryl methyl sites for hydroxylation is 2. The minimum absolute atomic E-state index is 0. The van der Waals surface area contributed by atoms with Crippen LogP contribution in [0.5, 0.6) is 0 Å². The number of hydrogen-bond donors (Lipinski definition) is 2. The highest BCUT2D eigenvalue weighted by atomic mass is 35.5. The van der Waals surface area contributed by atoms with E-state index in [1.165, 1.54) is 10.4 Å². The van der Waals surface area contributed by atoms with Gasteiger partial charge in [-0.2, -0.15) is 0 Å². The van der Waals surface area contributed by atoms with Crippen molar-refractivity contribution in [1.29, 1.82) is 0 Å². The molecule has 1 aliphatic rings. The van der Waals surface area contributed by atoms with Crippen molar-refractivity contribution in [3.63, 3.8) is 0 Å². The monoisotopic (exact) mass is 302 g/mol. The van der Waals surface area contributed by atoms with E-state index in [0.29, 0.717) is 6.04 Å². The van der Waals surface area contributed by atoms with Crippen LogP contribution in [0.25, 0.3) is 0 Å². The second-order valence-corrected chi connectivity index (χ2v) is 5.96. The fourth-order valence-corrected chi connectivity index (χ4v) is 3.61. The average molecular weight is 303 g/mol. The summed E-state index contributed by atoms with van der Waals surface area (Å²) in [6.45, 7) is 6.25. The smallest absolute Gasteiger partial charge is 0.261 e. The van der Waals surface area contributed by atoms with Crippen LogP contribution in [-0.4, -0.2) is 25.0 Å². The van der Waals surface area contributed by atoms with Crippen LogP contribution >= 0.6 is 23.7 Å². The van der Waals surface area contributed by atoms with E-state index in [2.05, 4.69) is 30.5 Å². The summed E-state index contributed by atoms with van der Waals surface area (Å²) in [5.41, 5.74) is 1.34. The first-order valence-electron chi connectivity index (χ1n) is 6.87. The van der Waals surface area contributed by atoms with E-state index in [1.54, 1.807) is 11.3 Å². The molecule has 1 fully saturated rings. The molecule has 0 bridgehead atoms. The van der Waals surface area contributed by atoms with Gasteiger partial charge in [-0.05, 0) is 37.4 Å². The molecule has 19 heavy (non-hydrogen) atoms. The second-order valence-electron chi connectivity index (χ2n) is 4.83. The number of hydrogen-bond acceptors (Lipinski definition) is 3. The van der Waals surface area contributed by atoms with Crippen molar-refractivity contribution >= 4 is 29.7 Å². The minimum Gasteiger partial charge on any atom is -0.347 e. The summed E-state index contributed by atoms with van der Waals surface area (Å²) >= 11 is 1.67. The van der Waals surface area contributed by atoms with Gasteiger partial charge in [-0.15, -0.1) is 23.7 Å². The number of rotatable bonds is 5. The molecule has 1 aromatic rings. The molecule has 1 aliphatic heterocycles. The van der Waals surface area contributed by atoms with Crippen LogP contribution in [0.1, 0.15) is 46.8 Å². The number of carbonyl (C=O) groups is 1. The zero-order valence-electron chi connectivity index (χ0n) is 11.6. The maximum absolute atomic E-state index is 12.2. The van der Waals surface area contributed by atoms with Crippen LogP contribution in [0.4, 0.5) is 0 Å². The molecule has 108 valence electrons. The Kier molecular flexibility index (Phi) is 6.83. The third kappa shape index (κ3) is 4.20. The molecule has 0 aromatic carbocycles. The Bertz CT molecular complexity index is 414. The van der Waals surface area contributed by atoms with E-state index in [-0.39, 0.29) is 18.3 Å². The van der Waals surface area contributed by atoms with E-state index in [4.69, 9.17) is 0 Å². The molecule has 2 N–H and O–H groups in total. The van der Waals surface area contributed by atoms with Gasteiger partial charge in [0.25, 0.3) is 5.91 Å². The Labute approximate surface area is 125 Å². The zero-order chi connectivity index (χ0) is 13.0. The minimum atomic E-state index is 0. The van der Waals surface area contributed by atoms with Crippen LogP contribution in [0, 0.1) is 0 Å². The average Bonchev–Trinajstić information content (AvgIpc) is 2.98. The topological polar surface area (TPSA) is 41.1 Å². The molecule has 2 rings (SSSR count). The van der Waals surface area contributed by atoms with E-state index in [9.17, 15) is 4.79 Å². The second kappa shape index (κ2) is 7.88. The summed E-state index contributed by atoms with van der Waals surface area (Å²) in [7, 11) is 0. The molecule has 1 atom stereocenters. The lowest BCUT2D eigenvalue weighted by atomic mass is 10.1. The predicted octanol–water partition coefficient (Wildman–Crippen LogP) is 2.78. The van der Waals surface area contributed by atoms with Gasteiger partial charge in [0.1, 0.15) is 0 Å². The first-order valence-corrected chi connectivity index (χ1v) is 7.69. The van der Waals surface area contributed by atoms with Gasteiger partial charge >= 0.3 is 0 Å². The molecule has 3 nitrogen and oxygen atoms in total. The van der Waals surface area contributed by atoms with Gasteiger partial charge in [-0.3, -0.25) is 4.79 Å². The van der Waals surface area contributed by atoms with Gasteiger partial charge in [-0.1, -0.05) is 20.3 Å².